The molecule has 1 aliphatic heterocycles. The molecule has 0 unspecified atom stereocenters. The third-order valence-corrected chi connectivity index (χ3v) is 4.31. The Hall–Kier alpha value is -2.25. The van der Waals surface area contributed by atoms with Gasteiger partial charge in [0.05, 0.1) is 24.3 Å². The summed E-state index contributed by atoms with van der Waals surface area (Å²) >= 11 is 0. The van der Waals surface area contributed by atoms with Crippen LogP contribution in [-0.2, 0) is 11.2 Å². The van der Waals surface area contributed by atoms with Crippen LogP contribution in [0.5, 0.6) is 0 Å². The molecule has 0 aliphatic carbocycles. The molecule has 1 saturated heterocycles. The third-order valence-electron chi connectivity index (χ3n) is 4.31. The van der Waals surface area contributed by atoms with E-state index in [1.54, 1.807) is 18.3 Å². The van der Waals surface area contributed by atoms with Gasteiger partial charge in [-0.3, -0.25) is 15.0 Å². The van der Waals surface area contributed by atoms with Crippen LogP contribution in [0.25, 0.3) is 11.3 Å². The van der Waals surface area contributed by atoms with E-state index in [9.17, 15) is 10.1 Å². The number of rotatable bonds is 5. The van der Waals surface area contributed by atoms with Crippen LogP contribution in [0.4, 0.5) is 5.69 Å². The molecule has 0 spiro atoms. The molecule has 1 aromatic heterocycles. The molecule has 1 aromatic carbocycles. The lowest BCUT2D eigenvalue weighted by Crippen LogP contribution is -2.53. The minimum Gasteiger partial charge on any atom is -0.441 e. The first kappa shape index (κ1) is 16.6. The van der Waals surface area contributed by atoms with Crippen LogP contribution < -0.4 is 0 Å². The Morgan fingerprint density at radius 3 is 3.00 bits per heavy atom. The van der Waals surface area contributed by atoms with Crippen molar-refractivity contribution in [1.29, 1.82) is 0 Å². The molecule has 128 valence electrons. The molecule has 0 bridgehead atoms. The highest BCUT2D eigenvalue weighted by Gasteiger charge is 2.30. The van der Waals surface area contributed by atoms with Crippen LogP contribution >= 0.6 is 0 Å². The average molecular weight is 331 g/mol. The SMILES string of the molecule is CC1(C)COCCN1CCc1ncc(-c2cccc([N+](=O)[O-])c2)o1. The van der Waals surface area contributed by atoms with Crippen molar-refractivity contribution >= 4 is 5.69 Å². The molecule has 0 N–H and O–H groups in total. The number of hydrogen-bond donors (Lipinski definition) is 0. The molecule has 24 heavy (non-hydrogen) atoms. The molecule has 0 radical (unpaired) electrons. The summed E-state index contributed by atoms with van der Waals surface area (Å²) in [5, 5.41) is 10.9. The van der Waals surface area contributed by atoms with E-state index in [0.29, 0.717) is 23.6 Å². The second kappa shape index (κ2) is 6.70. The van der Waals surface area contributed by atoms with E-state index in [-0.39, 0.29) is 11.2 Å². The number of oxazole rings is 1. The maximum atomic E-state index is 10.9. The number of ether oxygens (including phenoxy) is 1. The molecule has 0 atom stereocenters. The minimum absolute atomic E-state index is 0.00765. The lowest BCUT2D eigenvalue weighted by molar-refractivity contribution is -0.384. The van der Waals surface area contributed by atoms with E-state index in [2.05, 4.69) is 23.7 Å². The molecule has 2 aromatic rings. The number of nitro benzene ring substituents is 1. The van der Waals surface area contributed by atoms with E-state index in [0.717, 1.165) is 26.3 Å². The topological polar surface area (TPSA) is 81.6 Å². The van der Waals surface area contributed by atoms with Crippen molar-refractivity contribution in [2.45, 2.75) is 25.8 Å². The monoisotopic (exact) mass is 331 g/mol. The van der Waals surface area contributed by atoms with Crippen LogP contribution in [0.2, 0.25) is 0 Å². The van der Waals surface area contributed by atoms with Crippen LogP contribution in [0.3, 0.4) is 0 Å². The van der Waals surface area contributed by atoms with Crippen molar-refractivity contribution in [2.24, 2.45) is 0 Å². The third kappa shape index (κ3) is 3.63. The largest absolute Gasteiger partial charge is 0.441 e. The van der Waals surface area contributed by atoms with Crippen LogP contribution in [0, 0.1) is 10.1 Å². The maximum absolute atomic E-state index is 10.9. The molecular weight excluding hydrogens is 310 g/mol. The van der Waals surface area contributed by atoms with Crippen LogP contribution in [0.1, 0.15) is 19.7 Å². The van der Waals surface area contributed by atoms with Gasteiger partial charge in [-0.1, -0.05) is 12.1 Å². The van der Waals surface area contributed by atoms with Crippen molar-refractivity contribution < 1.29 is 14.1 Å². The lowest BCUT2D eigenvalue weighted by Gasteiger charge is -2.41. The van der Waals surface area contributed by atoms with E-state index in [1.807, 2.05) is 0 Å². The van der Waals surface area contributed by atoms with Gasteiger partial charge in [-0.15, -0.1) is 0 Å². The fourth-order valence-electron chi connectivity index (χ4n) is 2.87. The van der Waals surface area contributed by atoms with Gasteiger partial charge in [-0.2, -0.15) is 0 Å². The van der Waals surface area contributed by atoms with Crippen molar-refractivity contribution in [3.63, 3.8) is 0 Å². The molecule has 0 saturated carbocycles. The van der Waals surface area contributed by atoms with Crippen LogP contribution in [0.15, 0.2) is 34.9 Å². The molecule has 7 nitrogen and oxygen atoms in total. The normalized spacial score (nSPS) is 17.8. The Kier molecular flexibility index (Phi) is 4.64. The summed E-state index contributed by atoms with van der Waals surface area (Å²) in [4.78, 5) is 17.1. The van der Waals surface area contributed by atoms with E-state index in [4.69, 9.17) is 9.15 Å². The van der Waals surface area contributed by atoms with Crippen molar-refractivity contribution in [1.82, 2.24) is 9.88 Å². The Balaban J connectivity index is 1.67. The summed E-state index contributed by atoms with van der Waals surface area (Å²) in [6.45, 7) is 7.52. The van der Waals surface area contributed by atoms with Crippen LogP contribution in [-0.4, -0.2) is 46.6 Å². The highest BCUT2D eigenvalue weighted by atomic mass is 16.6. The second-order valence-corrected chi connectivity index (χ2v) is 6.53. The molecule has 1 fully saturated rings. The second-order valence-electron chi connectivity index (χ2n) is 6.53. The minimum atomic E-state index is -0.415. The summed E-state index contributed by atoms with van der Waals surface area (Å²) in [6, 6.07) is 6.38. The number of morpholine rings is 1. The number of nitro groups is 1. The highest BCUT2D eigenvalue weighted by Crippen LogP contribution is 2.25. The summed E-state index contributed by atoms with van der Waals surface area (Å²) in [6.07, 6.45) is 2.32. The highest BCUT2D eigenvalue weighted by molar-refractivity contribution is 5.60. The zero-order valence-electron chi connectivity index (χ0n) is 13.9. The van der Waals surface area contributed by atoms with Gasteiger partial charge in [-0.25, -0.2) is 4.98 Å². The summed E-state index contributed by atoms with van der Waals surface area (Å²) < 4.78 is 11.3. The zero-order chi connectivity index (χ0) is 17.2. The Morgan fingerprint density at radius 1 is 1.42 bits per heavy atom. The summed E-state index contributed by atoms with van der Waals surface area (Å²) in [5.74, 6) is 1.19. The Bertz CT molecular complexity index is 726. The van der Waals surface area contributed by atoms with Gasteiger partial charge in [0.15, 0.2) is 11.7 Å². The van der Waals surface area contributed by atoms with Crippen molar-refractivity contribution in [2.75, 3.05) is 26.3 Å². The molecule has 1 aliphatic rings. The van der Waals surface area contributed by atoms with Gasteiger partial charge in [0.1, 0.15) is 0 Å². The van der Waals surface area contributed by atoms with Gasteiger partial charge in [0.2, 0.25) is 0 Å². The predicted octanol–water partition coefficient (Wildman–Crippen LogP) is 2.90. The number of aromatic nitrogens is 1. The fraction of sp³-hybridized carbons (Fsp3) is 0.471. The zero-order valence-corrected chi connectivity index (χ0v) is 13.9. The Morgan fingerprint density at radius 2 is 2.25 bits per heavy atom. The lowest BCUT2D eigenvalue weighted by atomic mass is 10.0. The van der Waals surface area contributed by atoms with Crippen molar-refractivity contribution in [3.05, 3.63) is 46.5 Å². The molecular formula is C17H21N3O4. The Labute approximate surface area is 140 Å². The molecule has 7 heteroatoms. The van der Waals surface area contributed by atoms with Gasteiger partial charge < -0.3 is 9.15 Å². The van der Waals surface area contributed by atoms with Gasteiger partial charge in [0.25, 0.3) is 5.69 Å². The summed E-state index contributed by atoms with van der Waals surface area (Å²) in [7, 11) is 0. The first-order valence-corrected chi connectivity index (χ1v) is 7.98. The maximum Gasteiger partial charge on any atom is 0.270 e. The smallest absolute Gasteiger partial charge is 0.270 e. The molecule has 2 heterocycles. The first-order chi connectivity index (χ1) is 11.5. The molecule has 3 rings (SSSR count). The number of non-ortho nitro benzene ring substituents is 1. The number of hydrogen-bond acceptors (Lipinski definition) is 6. The molecule has 0 amide bonds. The van der Waals surface area contributed by atoms with Gasteiger partial charge >= 0.3 is 0 Å². The fourth-order valence-corrected chi connectivity index (χ4v) is 2.87. The van der Waals surface area contributed by atoms with E-state index < -0.39 is 4.92 Å². The standard InChI is InChI=1S/C17H21N3O4/c1-17(2)12-23-9-8-19(17)7-6-16-18-11-15(24-16)13-4-3-5-14(10-13)20(21)22/h3-5,10-11H,6-9,12H2,1-2H3. The number of nitrogens with zero attached hydrogens (tertiary/aromatic N) is 3. The first-order valence-electron chi connectivity index (χ1n) is 7.98. The summed E-state index contributed by atoms with van der Waals surface area (Å²) in [5.41, 5.74) is 0.712. The predicted molar refractivity (Wildman–Crippen MR) is 88.8 cm³/mol. The van der Waals surface area contributed by atoms with Crippen molar-refractivity contribution in [3.8, 4) is 11.3 Å². The number of benzene rings is 1. The van der Waals surface area contributed by atoms with Gasteiger partial charge in [-0.05, 0) is 13.8 Å². The average Bonchev–Trinajstić information content (AvgIpc) is 3.02. The quantitative estimate of drug-likeness (QED) is 0.619. The van der Waals surface area contributed by atoms with E-state index >= 15 is 0 Å². The van der Waals surface area contributed by atoms with Gasteiger partial charge in [0, 0.05) is 42.7 Å². The van der Waals surface area contributed by atoms with E-state index in [1.165, 1.54) is 12.1 Å².